The summed E-state index contributed by atoms with van der Waals surface area (Å²) >= 11 is 1.84. The van der Waals surface area contributed by atoms with Crippen LogP contribution in [0.15, 0.2) is 29.2 Å². The summed E-state index contributed by atoms with van der Waals surface area (Å²) in [6.07, 6.45) is 3.73. The van der Waals surface area contributed by atoms with Crippen LogP contribution in [0.4, 0.5) is 0 Å². The highest BCUT2D eigenvalue weighted by atomic mass is 32.2. The molecule has 4 heteroatoms. The van der Waals surface area contributed by atoms with Crippen molar-refractivity contribution in [2.75, 3.05) is 5.75 Å². The second kappa shape index (κ2) is 5.97. The molecule has 19 heavy (non-hydrogen) atoms. The summed E-state index contributed by atoms with van der Waals surface area (Å²) < 4.78 is 0. The third-order valence-electron chi connectivity index (χ3n) is 4.15. The van der Waals surface area contributed by atoms with Gasteiger partial charge in [0.1, 0.15) is 0 Å². The lowest BCUT2D eigenvalue weighted by Crippen LogP contribution is -2.54. The topological polar surface area (TPSA) is 69.1 Å². The molecule has 0 aromatic heterocycles. The minimum Gasteiger partial charge on any atom is -0.368 e. The van der Waals surface area contributed by atoms with Crippen LogP contribution < -0.4 is 11.5 Å². The molecule has 104 valence electrons. The largest absolute Gasteiger partial charge is 0.368 e. The Kier molecular flexibility index (Phi) is 4.53. The number of carbonyl (C=O) groups excluding carboxylic acids is 1. The lowest BCUT2D eigenvalue weighted by molar-refractivity contribution is -0.124. The van der Waals surface area contributed by atoms with Gasteiger partial charge >= 0.3 is 0 Å². The molecule has 0 aliphatic heterocycles. The molecule has 1 fully saturated rings. The van der Waals surface area contributed by atoms with Crippen LogP contribution in [-0.2, 0) is 4.79 Å². The van der Waals surface area contributed by atoms with Gasteiger partial charge in [-0.25, -0.2) is 0 Å². The molecular weight excluding hydrogens is 256 g/mol. The van der Waals surface area contributed by atoms with Crippen LogP contribution in [0.1, 0.15) is 31.2 Å². The van der Waals surface area contributed by atoms with E-state index in [1.165, 1.54) is 10.5 Å². The van der Waals surface area contributed by atoms with E-state index in [1.807, 2.05) is 17.8 Å². The van der Waals surface area contributed by atoms with Crippen molar-refractivity contribution in [3.05, 3.63) is 29.8 Å². The maximum atomic E-state index is 11.5. The molecule has 1 saturated carbocycles. The van der Waals surface area contributed by atoms with Gasteiger partial charge in [0.15, 0.2) is 0 Å². The number of thioether (sulfide) groups is 1. The Morgan fingerprint density at radius 1 is 1.47 bits per heavy atom. The molecule has 2 atom stereocenters. The number of nitrogens with two attached hydrogens (primary N) is 2. The minimum atomic E-state index is -0.772. The Balaban J connectivity index is 1.89. The van der Waals surface area contributed by atoms with Crippen molar-refractivity contribution >= 4 is 17.7 Å². The van der Waals surface area contributed by atoms with E-state index < -0.39 is 5.54 Å². The van der Waals surface area contributed by atoms with Crippen molar-refractivity contribution < 1.29 is 4.79 Å². The first-order chi connectivity index (χ1) is 9.04. The maximum Gasteiger partial charge on any atom is 0.237 e. The Labute approximate surface area is 119 Å². The molecular formula is C15H22N2OS. The van der Waals surface area contributed by atoms with E-state index in [-0.39, 0.29) is 11.8 Å². The molecule has 0 radical (unpaired) electrons. The monoisotopic (exact) mass is 278 g/mol. The lowest BCUT2D eigenvalue weighted by atomic mass is 9.85. The summed E-state index contributed by atoms with van der Waals surface area (Å²) in [5.74, 6) is 0.888. The number of amides is 1. The van der Waals surface area contributed by atoms with Crippen molar-refractivity contribution in [1.82, 2.24) is 0 Å². The number of carbonyl (C=O) groups is 1. The first kappa shape index (κ1) is 14.4. The molecule has 2 unspecified atom stereocenters. The van der Waals surface area contributed by atoms with Crippen LogP contribution in [0.5, 0.6) is 0 Å². The van der Waals surface area contributed by atoms with Crippen molar-refractivity contribution in [2.24, 2.45) is 17.4 Å². The Bertz CT molecular complexity index is 463. The normalized spacial score (nSPS) is 26.5. The SMILES string of the molecule is Cc1ccccc1SCCC1CCCC1(N)C(N)=O. The molecule has 1 aliphatic carbocycles. The standard InChI is InChI=1S/C15H22N2OS/c1-11-5-2-3-7-13(11)19-10-8-12-6-4-9-15(12,17)14(16)18/h2-3,5,7,12H,4,6,8-10,17H2,1H3,(H2,16,18). The van der Waals surface area contributed by atoms with Gasteiger partial charge in [0.2, 0.25) is 5.91 Å². The van der Waals surface area contributed by atoms with E-state index in [2.05, 4.69) is 25.1 Å². The first-order valence-corrected chi connectivity index (χ1v) is 7.80. The number of hydrogen-bond donors (Lipinski definition) is 2. The number of benzene rings is 1. The molecule has 4 N–H and O–H groups in total. The molecule has 0 heterocycles. The second-order valence-electron chi connectivity index (χ2n) is 5.40. The van der Waals surface area contributed by atoms with E-state index in [0.717, 1.165) is 31.4 Å². The van der Waals surface area contributed by atoms with Gasteiger partial charge in [0.05, 0.1) is 5.54 Å². The molecule has 0 spiro atoms. The summed E-state index contributed by atoms with van der Waals surface area (Å²) in [5.41, 5.74) is 12.2. The van der Waals surface area contributed by atoms with Gasteiger partial charge in [0.25, 0.3) is 0 Å². The third-order valence-corrected chi connectivity index (χ3v) is 5.36. The predicted molar refractivity (Wildman–Crippen MR) is 80.0 cm³/mol. The van der Waals surface area contributed by atoms with Crippen molar-refractivity contribution in [3.8, 4) is 0 Å². The fourth-order valence-corrected chi connectivity index (χ4v) is 3.95. The molecule has 1 aromatic carbocycles. The zero-order valence-corrected chi connectivity index (χ0v) is 12.2. The minimum absolute atomic E-state index is 0.238. The fourth-order valence-electron chi connectivity index (χ4n) is 2.86. The molecule has 0 bridgehead atoms. The summed E-state index contributed by atoms with van der Waals surface area (Å²) in [6.45, 7) is 2.12. The number of aryl methyl sites for hydroxylation is 1. The number of rotatable bonds is 5. The summed E-state index contributed by atoms with van der Waals surface area (Å²) in [4.78, 5) is 12.8. The lowest BCUT2D eigenvalue weighted by Gasteiger charge is -2.27. The van der Waals surface area contributed by atoms with Crippen LogP contribution in [0, 0.1) is 12.8 Å². The van der Waals surface area contributed by atoms with Gasteiger partial charge in [-0.05, 0) is 49.5 Å². The van der Waals surface area contributed by atoms with E-state index in [4.69, 9.17) is 11.5 Å². The molecule has 2 rings (SSSR count). The second-order valence-corrected chi connectivity index (χ2v) is 6.53. The Morgan fingerprint density at radius 2 is 2.21 bits per heavy atom. The predicted octanol–water partition coefficient (Wildman–Crippen LogP) is 2.46. The van der Waals surface area contributed by atoms with Crippen molar-refractivity contribution in [2.45, 2.75) is 43.0 Å². The highest BCUT2D eigenvalue weighted by Gasteiger charge is 2.43. The average molecular weight is 278 g/mol. The molecule has 1 aromatic rings. The smallest absolute Gasteiger partial charge is 0.237 e. The van der Waals surface area contributed by atoms with Gasteiger partial charge in [-0.2, -0.15) is 0 Å². The van der Waals surface area contributed by atoms with Crippen LogP contribution in [-0.4, -0.2) is 17.2 Å². The summed E-state index contributed by atoms with van der Waals surface area (Å²) in [6, 6.07) is 8.36. The molecule has 3 nitrogen and oxygen atoms in total. The molecule has 0 saturated heterocycles. The fraction of sp³-hybridized carbons (Fsp3) is 0.533. The molecule has 1 aliphatic rings. The molecule has 1 amide bonds. The van der Waals surface area contributed by atoms with Crippen molar-refractivity contribution in [1.29, 1.82) is 0 Å². The zero-order valence-electron chi connectivity index (χ0n) is 11.4. The van der Waals surface area contributed by atoms with Gasteiger partial charge in [-0.1, -0.05) is 24.6 Å². The van der Waals surface area contributed by atoms with Crippen LogP contribution in [0.2, 0.25) is 0 Å². The van der Waals surface area contributed by atoms with Gasteiger partial charge in [-0.15, -0.1) is 11.8 Å². The average Bonchev–Trinajstić information content (AvgIpc) is 2.75. The van der Waals surface area contributed by atoms with E-state index in [1.54, 1.807) is 0 Å². The van der Waals surface area contributed by atoms with Crippen LogP contribution >= 0.6 is 11.8 Å². The Morgan fingerprint density at radius 3 is 2.89 bits per heavy atom. The maximum absolute atomic E-state index is 11.5. The van der Waals surface area contributed by atoms with E-state index >= 15 is 0 Å². The number of primary amides is 1. The van der Waals surface area contributed by atoms with Crippen LogP contribution in [0.25, 0.3) is 0 Å². The van der Waals surface area contributed by atoms with Gasteiger partial charge < -0.3 is 11.5 Å². The first-order valence-electron chi connectivity index (χ1n) is 6.81. The van der Waals surface area contributed by atoms with Crippen molar-refractivity contribution in [3.63, 3.8) is 0 Å². The highest BCUT2D eigenvalue weighted by molar-refractivity contribution is 7.99. The quantitative estimate of drug-likeness (QED) is 0.813. The van der Waals surface area contributed by atoms with E-state index in [0.29, 0.717) is 0 Å². The van der Waals surface area contributed by atoms with Gasteiger partial charge in [0, 0.05) is 4.90 Å². The summed E-state index contributed by atoms with van der Waals surface area (Å²) in [5, 5.41) is 0. The van der Waals surface area contributed by atoms with E-state index in [9.17, 15) is 4.79 Å². The highest BCUT2D eigenvalue weighted by Crippen LogP contribution is 2.37. The van der Waals surface area contributed by atoms with Gasteiger partial charge in [-0.3, -0.25) is 4.79 Å². The van der Waals surface area contributed by atoms with Crippen LogP contribution in [0.3, 0.4) is 0 Å². The Hall–Kier alpha value is -1.00. The third kappa shape index (κ3) is 3.12. The number of hydrogen-bond acceptors (Lipinski definition) is 3. The zero-order chi connectivity index (χ0) is 13.9. The summed E-state index contributed by atoms with van der Waals surface area (Å²) in [7, 11) is 0.